The molecular formula is C17H23ClN2O2. The summed E-state index contributed by atoms with van der Waals surface area (Å²) in [6.45, 7) is 7.13. The van der Waals surface area contributed by atoms with Crippen LogP contribution in [0.25, 0.3) is 0 Å². The number of piperidine rings is 1. The van der Waals surface area contributed by atoms with Crippen molar-refractivity contribution < 1.29 is 9.53 Å². The number of fused-ring (bicyclic) bond motifs is 2. The summed E-state index contributed by atoms with van der Waals surface area (Å²) in [4.78, 5) is 13.9. The highest BCUT2D eigenvalue weighted by molar-refractivity contribution is 6.21. The second kappa shape index (κ2) is 5.34. The van der Waals surface area contributed by atoms with E-state index in [-0.39, 0.29) is 17.0 Å². The molecule has 2 unspecified atom stereocenters. The molecule has 22 heavy (non-hydrogen) atoms. The van der Waals surface area contributed by atoms with Crippen molar-refractivity contribution in [3.8, 4) is 0 Å². The number of para-hydroxylation sites is 1. The summed E-state index contributed by atoms with van der Waals surface area (Å²) in [7, 11) is 0. The third-order valence-electron chi connectivity index (χ3n) is 4.47. The second-order valence-corrected chi connectivity index (χ2v) is 7.75. The maximum absolute atomic E-state index is 12.3. The molecule has 2 aliphatic heterocycles. The number of likely N-dealkylation sites (tertiary alicyclic amines) is 1. The number of carbonyl (C=O) groups excluding carboxylic acids is 1. The Kier molecular flexibility index (Phi) is 3.76. The fraction of sp³-hybridized carbons (Fsp3) is 0.588. The van der Waals surface area contributed by atoms with Crippen LogP contribution in [0.3, 0.4) is 0 Å². The number of carbonyl (C=O) groups is 1. The summed E-state index contributed by atoms with van der Waals surface area (Å²) in [6, 6.07) is 8.38. The van der Waals surface area contributed by atoms with Gasteiger partial charge in [-0.05, 0) is 45.2 Å². The summed E-state index contributed by atoms with van der Waals surface area (Å²) in [5.74, 6) is 0. The number of nitrogens with one attached hydrogen (secondary N) is 1. The van der Waals surface area contributed by atoms with E-state index in [4.69, 9.17) is 16.3 Å². The molecule has 0 aromatic heterocycles. The van der Waals surface area contributed by atoms with E-state index in [1.807, 2.05) is 26.8 Å². The van der Waals surface area contributed by atoms with Crippen molar-refractivity contribution in [2.75, 3.05) is 18.4 Å². The smallest absolute Gasteiger partial charge is 0.411 e. The van der Waals surface area contributed by atoms with E-state index in [9.17, 15) is 4.79 Å². The van der Waals surface area contributed by atoms with Crippen LogP contribution in [0.4, 0.5) is 10.5 Å². The standard InChI is InChI=1S/C17H23ClN2O2/c1-16(2,3)22-15(21)20-9-8-17(10-14(20)18)11-19-13-7-5-4-6-12(13)17/h4-7,14,19H,8-11H2,1-3H3. The second-order valence-electron chi connectivity index (χ2n) is 7.24. The molecular weight excluding hydrogens is 300 g/mol. The van der Waals surface area contributed by atoms with Gasteiger partial charge in [0.1, 0.15) is 11.1 Å². The number of hydrogen-bond donors (Lipinski definition) is 1. The number of rotatable bonds is 0. The van der Waals surface area contributed by atoms with Gasteiger partial charge in [-0.3, -0.25) is 4.90 Å². The van der Waals surface area contributed by atoms with E-state index in [1.54, 1.807) is 4.90 Å². The summed E-state index contributed by atoms with van der Waals surface area (Å²) in [5.41, 5.74) is 1.71. The van der Waals surface area contributed by atoms with Crippen molar-refractivity contribution in [1.82, 2.24) is 4.90 Å². The number of benzene rings is 1. The van der Waals surface area contributed by atoms with E-state index in [0.29, 0.717) is 6.54 Å². The van der Waals surface area contributed by atoms with Crippen LogP contribution < -0.4 is 5.32 Å². The summed E-state index contributed by atoms with van der Waals surface area (Å²) < 4.78 is 5.46. The monoisotopic (exact) mass is 322 g/mol. The molecule has 1 saturated heterocycles. The lowest BCUT2D eigenvalue weighted by molar-refractivity contribution is 0.0127. The van der Waals surface area contributed by atoms with E-state index in [0.717, 1.165) is 19.4 Å². The number of alkyl halides is 1. The summed E-state index contributed by atoms with van der Waals surface area (Å²) in [6.07, 6.45) is 1.33. The third-order valence-corrected chi connectivity index (χ3v) is 4.86. The highest BCUT2D eigenvalue weighted by Crippen LogP contribution is 2.46. The lowest BCUT2D eigenvalue weighted by atomic mass is 9.74. The maximum atomic E-state index is 12.3. The SMILES string of the molecule is CC(C)(C)OC(=O)N1CCC2(CNc3ccccc32)CC1Cl. The number of halogens is 1. The lowest BCUT2D eigenvalue weighted by Crippen LogP contribution is -2.51. The number of hydrogen-bond acceptors (Lipinski definition) is 3. The zero-order valence-electron chi connectivity index (χ0n) is 13.4. The van der Waals surface area contributed by atoms with E-state index >= 15 is 0 Å². The zero-order valence-corrected chi connectivity index (χ0v) is 14.1. The van der Waals surface area contributed by atoms with Gasteiger partial charge in [0.25, 0.3) is 0 Å². The first kappa shape index (κ1) is 15.5. The van der Waals surface area contributed by atoms with Crippen LogP contribution in [0, 0.1) is 0 Å². The molecule has 2 aliphatic rings. The first-order valence-electron chi connectivity index (χ1n) is 7.78. The van der Waals surface area contributed by atoms with Crippen molar-refractivity contribution in [2.24, 2.45) is 0 Å². The Morgan fingerprint density at radius 2 is 2.14 bits per heavy atom. The van der Waals surface area contributed by atoms with Crippen LogP contribution >= 0.6 is 11.6 Å². The van der Waals surface area contributed by atoms with Crippen molar-refractivity contribution in [2.45, 2.75) is 50.1 Å². The van der Waals surface area contributed by atoms with Gasteiger partial charge >= 0.3 is 6.09 Å². The normalized spacial score (nSPS) is 27.5. The van der Waals surface area contributed by atoms with Crippen molar-refractivity contribution in [1.29, 1.82) is 0 Å². The minimum Gasteiger partial charge on any atom is -0.444 e. The van der Waals surface area contributed by atoms with Crippen LogP contribution in [-0.2, 0) is 10.2 Å². The first-order chi connectivity index (χ1) is 10.3. The van der Waals surface area contributed by atoms with E-state index in [2.05, 4.69) is 23.5 Å². The fourth-order valence-corrected chi connectivity index (χ4v) is 3.87. The van der Waals surface area contributed by atoms with Crippen molar-refractivity contribution in [3.05, 3.63) is 29.8 Å². The minimum absolute atomic E-state index is 0.0293. The predicted octanol–water partition coefficient (Wildman–Crippen LogP) is 3.95. The van der Waals surface area contributed by atoms with Gasteiger partial charge in [-0.15, -0.1) is 0 Å². The predicted molar refractivity (Wildman–Crippen MR) is 88.4 cm³/mol. The molecule has 1 aromatic rings. The van der Waals surface area contributed by atoms with Crippen LogP contribution in [0.15, 0.2) is 24.3 Å². The summed E-state index contributed by atoms with van der Waals surface area (Å²) in [5, 5.41) is 3.47. The molecule has 0 aliphatic carbocycles. The molecule has 0 bridgehead atoms. The molecule has 4 nitrogen and oxygen atoms in total. The molecule has 0 radical (unpaired) electrons. The third kappa shape index (κ3) is 2.76. The Hall–Kier alpha value is -1.42. The number of amides is 1. The number of anilines is 1. The van der Waals surface area contributed by atoms with E-state index < -0.39 is 5.60 Å². The highest BCUT2D eigenvalue weighted by atomic mass is 35.5. The first-order valence-corrected chi connectivity index (χ1v) is 8.21. The molecule has 120 valence electrons. The minimum atomic E-state index is -0.496. The molecule has 3 rings (SSSR count). The van der Waals surface area contributed by atoms with Gasteiger partial charge in [-0.1, -0.05) is 29.8 Å². The average Bonchev–Trinajstić information content (AvgIpc) is 2.76. The molecule has 1 spiro atoms. The van der Waals surface area contributed by atoms with Gasteiger partial charge < -0.3 is 10.1 Å². The molecule has 1 amide bonds. The molecule has 2 heterocycles. The Morgan fingerprint density at radius 1 is 1.41 bits per heavy atom. The number of ether oxygens (including phenoxy) is 1. The van der Waals surface area contributed by atoms with Crippen LogP contribution in [0.1, 0.15) is 39.2 Å². The van der Waals surface area contributed by atoms with Crippen LogP contribution in [-0.4, -0.2) is 35.2 Å². The molecule has 1 fully saturated rings. The Balaban J connectivity index is 1.75. The van der Waals surface area contributed by atoms with Crippen LogP contribution in [0.2, 0.25) is 0 Å². The Morgan fingerprint density at radius 3 is 2.82 bits per heavy atom. The average molecular weight is 323 g/mol. The summed E-state index contributed by atoms with van der Waals surface area (Å²) >= 11 is 6.54. The van der Waals surface area contributed by atoms with Crippen molar-refractivity contribution in [3.63, 3.8) is 0 Å². The topological polar surface area (TPSA) is 41.6 Å². The van der Waals surface area contributed by atoms with Crippen LogP contribution in [0.5, 0.6) is 0 Å². The molecule has 5 heteroatoms. The quantitative estimate of drug-likeness (QED) is 0.581. The maximum Gasteiger partial charge on any atom is 0.411 e. The van der Waals surface area contributed by atoms with Crippen molar-refractivity contribution >= 4 is 23.4 Å². The zero-order chi connectivity index (χ0) is 16.0. The largest absolute Gasteiger partial charge is 0.444 e. The number of nitrogens with zero attached hydrogens (tertiary/aromatic N) is 1. The highest BCUT2D eigenvalue weighted by Gasteiger charge is 2.46. The molecule has 1 N–H and O–H groups in total. The Bertz CT molecular complexity index is 584. The lowest BCUT2D eigenvalue weighted by Gasteiger charge is -2.42. The van der Waals surface area contributed by atoms with Gasteiger partial charge in [0.05, 0.1) is 0 Å². The Labute approximate surface area is 136 Å². The van der Waals surface area contributed by atoms with Gasteiger partial charge in [0.15, 0.2) is 0 Å². The van der Waals surface area contributed by atoms with Gasteiger partial charge in [0.2, 0.25) is 0 Å². The van der Waals surface area contributed by atoms with E-state index in [1.165, 1.54) is 11.3 Å². The van der Waals surface area contributed by atoms with Gasteiger partial charge in [-0.25, -0.2) is 4.79 Å². The van der Waals surface area contributed by atoms with Gasteiger partial charge in [0, 0.05) is 24.2 Å². The fourth-order valence-electron chi connectivity index (χ4n) is 3.40. The van der Waals surface area contributed by atoms with Gasteiger partial charge in [-0.2, -0.15) is 0 Å². The molecule has 1 aromatic carbocycles. The molecule has 0 saturated carbocycles. The molecule has 2 atom stereocenters.